The van der Waals surface area contributed by atoms with Crippen molar-refractivity contribution < 1.29 is 4.42 Å². The molecule has 4 heterocycles. The standard InChI is InChI=1S/C59H35N3OS/c1-3-14-36(15-4-1)37-26-28-38(29-27-37)50-35-51(62-59(61-50)39-16-5-2-6-17-39)41-19-13-18-40(32-41)46-34-48-55(56-45-22-9-12-25-54(45)64-58(46)56)44-21-7-10-23-49(44)60-57(48)42-30-31-53-47(33-42)43-20-8-11-24-52(43)63-53/h1-35H. The Hall–Kier alpha value is -8.25. The highest BCUT2D eigenvalue weighted by Crippen LogP contribution is 2.48. The smallest absolute Gasteiger partial charge is 0.160 e. The van der Waals surface area contributed by atoms with Crippen molar-refractivity contribution in [1.29, 1.82) is 0 Å². The van der Waals surface area contributed by atoms with Crippen LogP contribution in [0, 0.1) is 0 Å². The van der Waals surface area contributed by atoms with Crippen LogP contribution < -0.4 is 0 Å². The van der Waals surface area contributed by atoms with Gasteiger partial charge in [0.05, 0.1) is 22.6 Å². The third-order valence-electron chi connectivity index (χ3n) is 12.5. The van der Waals surface area contributed by atoms with Crippen LogP contribution in [-0.4, -0.2) is 15.0 Å². The molecule has 5 heteroatoms. The lowest BCUT2D eigenvalue weighted by Gasteiger charge is -2.15. The first-order chi connectivity index (χ1) is 31.7. The van der Waals surface area contributed by atoms with Crippen LogP contribution in [0.15, 0.2) is 217 Å². The van der Waals surface area contributed by atoms with Gasteiger partial charge in [0.2, 0.25) is 0 Å². The molecule has 0 unspecified atom stereocenters. The van der Waals surface area contributed by atoms with Crippen molar-refractivity contribution in [2.45, 2.75) is 0 Å². The SMILES string of the molecule is c1ccc(-c2ccc(-c3cc(-c4cccc(-c5cc6c(-c7ccc8oc9ccccc9c8c7)nc7ccccc7c6c6c5sc5ccccc56)c4)nc(-c4ccccc4)n3)cc2)cc1. The number of hydrogen-bond acceptors (Lipinski definition) is 5. The Balaban J connectivity index is 1.03. The number of furan rings is 1. The lowest BCUT2D eigenvalue weighted by atomic mass is 9.91. The molecule has 13 aromatic rings. The summed E-state index contributed by atoms with van der Waals surface area (Å²) in [5, 5.41) is 8.15. The van der Waals surface area contributed by atoms with E-state index in [2.05, 4.69) is 176 Å². The summed E-state index contributed by atoms with van der Waals surface area (Å²) in [6, 6.07) is 74.9. The van der Waals surface area contributed by atoms with Gasteiger partial charge in [0.1, 0.15) is 11.2 Å². The van der Waals surface area contributed by atoms with Gasteiger partial charge in [-0.1, -0.05) is 158 Å². The van der Waals surface area contributed by atoms with Gasteiger partial charge >= 0.3 is 0 Å². The molecule has 0 aliphatic carbocycles. The predicted octanol–water partition coefficient (Wildman–Crippen LogP) is 16.4. The number of nitrogens with zero attached hydrogens (tertiary/aromatic N) is 3. The molecule has 0 fully saturated rings. The molecule has 0 atom stereocenters. The van der Waals surface area contributed by atoms with E-state index in [0.29, 0.717) is 5.82 Å². The summed E-state index contributed by atoms with van der Waals surface area (Å²) < 4.78 is 8.78. The van der Waals surface area contributed by atoms with E-state index in [4.69, 9.17) is 19.4 Å². The fraction of sp³-hybridized carbons (Fsp3) is 0. The number of benzene rings is 9. The van der Waals surface area contributed by atoms with Crippen molar-refractivity contribution >= 4 is 75.1 Å². The van der Waals surface area contributed by atoms with Crippen molar-refractivity contribution in [2.24, 2.45) is 0 Å². The van der Waals surface area contributed by atoms with Gasteiger partial charge in [-0.3, -0.25) is 0 Å². The van der Waals surface area contributed by atoms with Crippen LogP contribution in [0.4, 0.5) is 0 Å². The third-order valence-corrected chi connectivity index (χ3v) is 13.7. The van der Waals surface area contributed by atoms with Crippen LogP contribution in [0.3, 0.4) is 0 Å². The summed E-state index contributed by atoms with van der Waals surface area (Å²) >= 11 is 1.85. The van der Waals surface area contributed by atoms with Crippen molar-refractivity contribution in [3.8, 4) is 67.4 Å². The van der Waals surface area contributed by atoms with Crippen molar-refractivity contribution in [3.63, 3.8) is 0 Å². The number of fused-ring (bicyclic) bond motifs is 10. The first-order valence-electron chi connectivity index (χ1n) is 21.5. The van der Waals surface area contributed by atoms with Crippen LogP contribution in [0.2, 0.25) is 0 Å². The first kappa shape index (κ1) is 36.4. The second-order valence-electron chi connectivity index (χ2n) is 16.3. The topological polar surface area (TPSA) is 51.8 Å². The fourth-order valence-electron chi connectivity index (χ4n) is 9.41. The van der Waals surface area contributed by atoms with E-state index in [1.807, 2.05) is 47.7 Å². The van der Waals surface area contributed by atoms with Crippen molar-refractivity contribution in [1.82, 2.24) is 15.0 Å². The highest BCUT2D eigenvalue weighted by atomic mass is 32.1. The van der Waals surface area contributed by atoms with Gasteiger partial charge in [0, 0.05) is 74.9 Å². The minimum atomic E-state index is 0.688. The van der Waals surface area contributed by atoms with E-state index in [1.54, 1.807) is 0 Å². The van der Waals surface area contributed by atoms with Crippen molar-refractivity contribution in [3.05, 3.63) is 212 Å². The van der Waals surface area contributed by atoms with E-state index >= 15 is 0 Å². The van der Waals surface area contributed by atoms with E-state index in [1.165, 1.54) is 36.7 Å². The average molecular weight is 834 g/mol. The Kier molecular flexibility index (Phi) is 8.36. The molecule has 298 valence electrons. The summed E-state index contributed by atoms with van der Waals surface area (Å²) in [6.45, 7) is 0. The maximum absolute atomic E-state index is 6.28. The van der Waals surface area contributed by atoms with Gasteiger partial charge in [-0.05, 0) is 71.3 Å². The third kappa shape index (κ3) is 6.01. The van der Waals surface area contributed by atoms with E-state index < -0.39 is 0 Å². The highest BCUT2D eigenvalue weighted by Gasteiger charge is 2.22. The largest absolute Gasteiger partial charge is 0.456 e. The maximum Gasteiger partial charge on any atom is 0.160 e. The molecule has 0 amide bonds. The fourth-order valence-corrected chi connectivity index (χ4v) is 10.7. The minimum Gasteiger partial charge on any atom is -0.456 e. The molecular formula is C59H35N3OS. The molecule has 13 rings (SSSR count). The Morgan fingerprint density at radius 1 is 0.344 bits per heavy atom. The van der Waals surface area contributed by atoms with Crippen LogP contribution >= 0.6 is 11.3 Å². The van der Waals surface area contributed by atoms with Crippen LogP contribution in [0.25, 0.3) is 131 Å². The number of thiophene rings is 1. The van der Waals surface area contributed by atoms with Crippen molar-refractivity contribution in [2.75, 3.05) is 0 Å². The molecule has 0 spiro atoms. The molecular weight excluding hydrogens is 799 g/mol. The summed E-state index contributed by atoms with van der Waals surface area (Å²) in [4.78, 5) is 15.9. The Labute approximate surface area is 372 Å². The Bertz CT molecular complexity index is 3950. The zero-order chi connectivity index (χ0) is 42.1. The zero-order valence-corrected chi connectivity index (χ0v) is 35.2. The van der Waals surface area contributed by atoms with E-state index in [0.717, 1.165) is 88.7 Å². The number of rotatable bonds is 6. The Morgan fingerprint density at radius 3 is 1.78 bits per heavy atom. The zero-order valence-electron chi connectivity index (χ0n) is 34.4. The second kappa shape index (κ2) is 14.7. The van der Waals surface area contributed by atoms with Gasteiger partial charge in [-0.25, -0.2) is 15.0 Å². The molecule has 9 aromatic carbocycles. The number of pyridine rings is 1. The summed E-state index contributed by atoms with van der Waals surface area (Å²) in [6.07, 6.45) is 0. The maximum atomic E-state index is 6.28. The monoisotopic (exact) mass is 833 g/mol. The minimum absolute atomic E-state index is 0.688. The number of para-hydroxylation sites is 2. The van der Waals surface area contributed by atoms with Gasteiger partial charge in [0.25, 0.3) is 0 Å². The summed E-state index contributed by atoms with van der Waals surface area (Å²) in [7, 11) is 0. The van der Waals surface area contributed by atoms with Crippen LogP contribution in [-0.2, 0) is 0 Å². The van der Waals surface area contributed by atoms with Gasteiger partial charge < -0.3 is 4.42 Å². The highest BCUT2D eigenvalue weighted by molar-refractivity contribution is 7.26. The van der Waals surface area contributed by atoms with Gasteiger partial charge in [-0.2, -0.15) is 0 Å². The van der Waals surface area contributed by atoms with Crippen LogP contribution in [0.1, 0.15) is 0 Å². The van der Waals surface area contributed by atoms with Gasteiger partial charge in [-0.15, -0.1) is 11.3 Å². The average Bonchev–Trinajstić information content (AvgIpc) is 3.95. The lowest BCUT2D eigenvalue weighted by molar-refractivity contribution is 0.669. The number of hydrogen-bond donors (Lipinski definition) is 0. The molecule has 64 heavy (non-hydrogen) atoms. The molecule has 0 saturated carbocycles. The predicted molar refractivity (Wildman–Crippen MR) is 268 cm³/mol. The van der Waals surface area contributed by atoms with Gasteiger partial charge in [0.15, 0.2) is 5.82 Å². The molecule has 4 aromatic heterocycles. The second-order valence-corrected chi connectivity index (χ2v) is 17.3. The molecule has 0 bridgehead atoms. The van der Waals surface area contributed by atoms with E-state index in [9.17, 15) is 0 Å². The molecule has 0 aliphatic heterocycles. The molecule has 0 radical (unpaired) electrons. The molecule has 0 aliphatic rings. The first-order valence-corrected chi connectivity index (χ1v) is 22.3. The summed E-state index contributed by atoms with van der Waals surface area (Å²) in [5.74, 6) is 0.688. The normalized spacial score (nSPS) is 11.8. The lowest BCUT2D eigenvalue weighted by Crippen LogP contribution is -1.96. The Morgan fingerprint density at radius 2 is 0.953 bits per heavy atom. The molecule has 4 nitrogen and oxygen atoms in total. The quantitative estimate of drug-likeness (QED) is 0.157. The molecule has 0 saturated heterocycles. The van der Waals surface area contributed by atoms with Crippen LogP contribution in [0.5, 0.6) is 0 Å². The number of aromatic nitrogens is 3. The molecule has 0 N–H and O–H groups in total. The summed E-state index contributed by atoms with van der Waals surface area (Å²) in [5.41, 5.74) is 14.1. The van der Waals surface area contributed by atoms with E-state index in [-0.39, 0.29) is 0 Å².